The molecule has 0 bridgehead atoms. The first-order valence-corrected chi connectivity index (χ1v) is 7.63. The summed E-state index contributed by atoms with van der Waals surface area (Å²) >= 11 is 0. The van der Waals surface area contributed by atoms with Gasteiger partial charge in [0.1, 0.15) is 17.4 Å². The van der Waals surface area contributed by atoms with Crippen LogP contribution in [0.2, 0.25) is 0 Å². The van der Waals surface area contributed by atoms with E-state index >= 15 is 0 Å². The van der Waals surface area contributed by atoms with Crippen molar-refractivity contribution in [1.82, 2.24) is 10.5 Å². The molecule has 0 aliphatic rings. The molecule has 1 heterocycles. The van der Waals surface area contributed by atoms with E-state index < -0.39 is 23.7 Å². The van der Waals surface area contributed by atoms with Crippen molar-refractivity contribution in [3.63, 3.8) is 0 Å². The third kappa shape index (κ3) is 3.79. The second-order valence-electron chi connectivity index (χ2n) is 5.83. The summed E-state index contributed by atoms with van der Waals surface area (Å²) in [7, 11) is 0. The summed E-state index contributed by atoms with van der Waals surface area (Å²) in [5.41, 5.74) is 0.848. The fraction of sp³-hybridized carbons (Fsp3) is 0.353. The number of anilines is 1. The van der Waals surface area contributed by atoms with Crippen molar-refractivity contribution in [1.29, 1.82) is 0 Å². The molecule has 7 heteroatoms. The van der Waals surface area contributed by atoms with Crippen molar-refractivity contribution in [3.8, 4) is 0 Å². The van der Waals surface area contributed by atoms with Crippen LogP contribution in [0.5, 0.6) is 0 Å². The summed E-state index contributed by atoms with van der Waals surface area (Å²) in [5, 5.41) is 8.83. The molecule has 0 aliphatic carbocycles. The number of amides is 2. The minimum Gasteiger partial charge on any atom is -0.360 e. The third-order valence-corrected chi connectivity index (χ3v) is 3.51. The fourth-order valence-corrected chi connectivity index (χ4v) is 2.20. The predicted octanol–water partition coefficient (Wildman–Crippen LogP) is 3.00. The minimum atomic E-state index is -0.855. The van der Waals surface area contributed by atoms with Crippen molar-refractivity contribution in [2.45, 2.75) is 39.7 Å². The Hall–Kier alpha value is -2.70. The zero-order valence-corrected chi connectivity index (χ0v) is 14.0. The van der Waals surface area contributed by atoms with Gasteiger partial charge in [0.05, 0.1) is 11.4 Å². The van der Waals surface area contributed by atoms with Crippen LogP contribution in [0, 0.1) is 12.7 Å². The zero-order valence-electron chi connectivity index (χ0n) is 14.0. The Morgan fingerprint density at radius 2 is 1.88 bits per heavy atom. The van der Waals surface area contributed by atoms with Crippen LogP contribution in [-0.2, 0) is 4.79 Å². The first-order valence-electron chi connectivity index (χ1n) is 7.63. The number of hydrogen-bond donors (Lipinski definition) is 2. The van der Waals surface area contributed by atoms with Gasteiger partial charge in [-0.25, -0.2) is 4.39 Å². The van der Waals surface area contributed by atoms with Gasteiger partial charge in [0.25, 0.3) is 5.91 Å². The lowest BCUT2D eigenvalue weighted by molar-refractivity contribution is -0.117. The summed E-state index contributed by atoms with van der Waals surface area (Å²) in [4.78, 5) is 24.6. The lowest BCUT2D eigenvalue weighted by Gasteiger charge is -2.15. The van der Waals surface area contributed by atoms with Crippen LogP contribution in [0.1, 0.15) is 48.5 Å². The summed E-state index contributed by atoms with van der Waals surface area (Å²) < 4.78 is 18.7. The van der Waals surface area contributed by atoms with Crippen LogP contribution in [0.4, 0.5) is 10.1 Å². The maximum atomic E-state index is 13.6. The van der Waals surface area contributed by atoms with Gasteiger partial charge in [0, 0.05) is 5.92 Å². The standard InChI is InChI=1S/C17H20FN3O3/c1-9(2)15-14(10(3)21-24-15)17(23)19-11(4)16(22)20-13-8-6-5-7-12(13)18/h5-9,11H,1-4H3,(H,19,23)(H,20,22). The molecule has 2 rings (SSSR count). The van der Waals surface area contributed by atoms with E-state index in [0.717, 1.165) is 0 Å². The maximum absolute atomic E-state index is 13.6. The smallest absolute Gasteiger partial charge is 0.257 e. The second-order valence-corrected chi connectivity index (χ2v) is 5.83. The van der Waals surface area contributed by atoms with Crippen LogP contribution in [0.15, 0.2) is 28.8 Å². The number of rotatable bonds is 5. The molecule has 2 aromatic rings. The highest BCUT2D eigenvalue weighted by Crippen LogP contribution is 2.22. The van der Waals surface area contributed by atoms with Crippen LogP contribution in [-0.4, -0.2) is 23.0 Å². The summed E-state index contributed by atoms with van der Waals surface area (Å²) in [6, 6.07) is 4.97. The van der Waals surface area contributed by atoms with E-state index in [0.29, 0.717) is 17.0 Å². The van der Waals surface area contributed by atoms with Crippen LogP contribution in [0.3, 0.4) is 0 Å². The van der Waals surface area contributed by atoms with Gasteiger partial charge in [-0.3, -0.25) is 9.59 Å². The molecule has 2 N–H and O–H groups in total. The van der Waals surface area contributed by atoms with E-state index in [9.17, 15) is 14.0 Å². The fourth-order valence-electron chi connectivity index (χ4n) is 2.20. The predicted molar refractivity (Wildman–Crippen MR) is 87.3 cm³/mol. The molecule has 128 valence electrons. The number of aryl methyl sites for hydroxylation is 1. The molecule has 0 saturated heterocycles. The zero-order chi connectivity index (χ0) is 17.9. The molecular weight excluding hydrogens is 313 g/mol. The average Bonchev–Trinajstić information content (AvgIpc) is 2.91. The molecular formula is C17H20FN3O3. The highest BCUT2D eigenvalue weighted by atomic mass is 19.1. The van der Waals surface area contributed by atoms with Gasteiger partial charge < -0.3 is 15.2 Å². The van der Waals surface area contributed by atoms with Crippen molar-refractivity contribution in [3.05, 3.63) is 47.1 Å². The van der Waals surface area contributed by atoms with Gasteiger partial charge in [-0.2, -0.15) is 0 Å². The number of para-hydroxylation sites is 1. The SMILES string of the molecule is Cc1noc(C(C)C)c1C(=O)NC(C)C(=O)Nc1ccccc1F. The van der Waals surface area contributed by atoms with E-state index in [-0.39, 0.29) is 11.6 Å². The Bertz CT molecular complexity index is 755. The quantitative estimate of drug-likeness (QED) is 0.881. The Morgan fingerprint density at radius 1 is 1.21 bits per heavy atom. The largest absolute Gasteiger partial charge is 0.360 e. The highest BCUT2D eigenvalue weighted by Gasteiger charge is 2.25. The number of nitrogens with one attached hydrogen (secondary N) is 2. The Kier molecular flexibility index (Phi) is 5.33. The molecule has 1 atom stereocenters. The number of aromatic nitrogens is 1. The van der Waals surface area contributed by atoms with Crippen molar-refractivity contribution in [2.24, 2.45) is 0 Å². The number of nitrogens with zero attached hydrogens (tertiary/aromatic N) is 1. The summed E-state index contributed by atoms with van der Waals surface area (Å²) in [6.45, 7) is 6.94. The van der Waals surface area contributed by atoms with Crippen molar-refractivity contribution in [2.75, 3.05) is 5.32 Å². The average molecular weight is 333 g/mol. The van der Waals surface area contributed by atoms with Crippen LogP contribution >= 0.6 is 0 Å². The molecule has 0 radical (unpaired) electrons. The highest BCUT2D eigenvalue weighted by molar-refractivity contribution is 6.02. The first-order chi connectivity index (χ1) is 11.3. The topological polar surface area (TPSA) is 84.2 Å². The van der Waals surface area contributed by atoms with E-state index in [2.05, 4.69) is 15.8 Å². The number of benzene rings is 1. The Balaban J connectivity index is 2.08. The monoisotopic (exact) mass is 333 g/mol. The van der Waals surface area contributed by atoms with Gasteiger partial charge in [0.15, 0.2) is 5.76 Å². The Labute approximate surface area is 139 Å². The maximum Gasteiger partial charge on any atom is 0.257 e. The van der Waals surface area contributed by atoms with E-state index in [1.54, 1.807) is 13.0 Å². The second kappa shape index (κ2) is 7.25. The summed E-state index contributed by atoms with van der Waals surface area (Å²) in [6.07, 6.45) is 0. The van der Waals surface area contributed by atoms with Gasteiger partial charge in [-0.1, -0.05) is 31.1 Å². The van der Waals surface area contributed by atoms with E-state index in [1.807, 2.05) is 13.8 Å². The van der Waals surface area contributed by atoms with Gasteiger partial charge in [0.2, 0.25) is 5.91 Å². The van der Waals surface area contributed by atoms with Gasteiger partial charge >= 0.3 is 0 Å². The molecule has 1 aromatic carbocycles. The molecule has 6 nitrogen and oxygen atoms in total. The van der Waals surface area contributed by atoms with Gasteiger partial charge in [-0.05, 0) is 26.0 Å². The number of hydrogen-bond acceptors (Lipinski definition) is 4. The number of halogens is 1. The van der Waals surface area contributed by atoms with Crippen LogP contribution < -0.4 is 10.6 Å². The normalized spacial score (nSPS) is 12.1. The molecule has 0 fully saturated rings. The van der Waals surface area contributed by atoms with Crippen molar-refractivity contribution < 1.29 is 18.5 Å². The first kappa shape index (κ1) is 17.7. The Morgan fingerprint density at radius 3 is 2.50 bits per heavy atom. The molecule has 0 saturated carbocycles. The van der Waals surface area contributed by atoms with E-state index in [4.69, 9.17) is 4.52 Å². The number of carbonyl (C=O) groups excluding carboxylic acids is 2. The van der Waals surface area contributed by atoms with Crippen LogP contribution in [0.25, 0.3) is 0 Å². The molecule has 1 aromatic heterocycles. The minimum absolute atomic E-state index is 0.0190. The molecule has 1 unspecified atom stereocenters. The molecule has 0 spiro atoms. The summed E-state index contributed by atoms with van der Waals surface area (Å²) in [5.74, 6) is -1.06. The lowest BCUT2D eigenvalue weighted by atomic mass is 10.0. The molecule has 2 amide bonds. The molecule has 24 heavy (non-hydrogen) atoms. The van der Waals surface area contributed by atoms with Crippen molar-refractivity contribution >= 4 is 17.5 Å². The van der Waals surface area contributed by atoms with E-state index in [1.165, 1.54) is 25.1 Å². The molecule has 0 aliphatic heterocycles. The lowest BCUT2D eigenvalue weighted by Crippen LogP contribution is -2.42. The third-order valence-electron chi connectivity index (χ3n) is 3.51. The number of carbonyl (C=O) groups is 2. The van der Waals surface area contributed by atoms with Gasteiger partial charge in [-0.15, -0.1) is 0 Å².